The maximum absolute atomic E-state index is 13.7. The lowest BCUT2D eigenvalue weighted by Crippen LogP contribution is -2.04. The number of benzene rings is 1. The molecule has 2 aromatic rings. The molecule has 1 aromatic heterocycles. The fourth-order valence-electron chi connectivity index (χ4n) is 2.13. The predicted octanol–water partition coefficient (Wildman–Crippen LogP) is 3.20. The highest BCUT2D eigenvalue weighted by molar-refractivity contribution is 5.52. The zero-order valence-corrected chi connectivity index (χ0v) is 12.1. The van der Waals surface area contributed by atoms with Crippen molar-refractivity contribution < 1.29 is 9.31 Å². The van der Waals surface area contributed by atoms with Crippen molar-refractivity contribution in [3.05, 3.63) is 51.6 Å². The Kier molecular flexibility index (Phi) is 4.21. The summed E-state index contributed by atoms with van der Waals surface area (Å²) in [6.07, 6.45) is 1.86. The molecule has 0 spiro atoms. The number of hydrogen-bond acceptors (Lipinski definition) is 4. The molecule has 1 N–H and O–H groups in total. The van der Waals surface area contributed by atoms with E-state index < -0.39 is 10.7 Å². The Bertz CT molecular complexity index is 667. The number of aryl methyl sites for hydroxylation is 1. The van der Waals surface area contributed by atoms with E-state index in [4.69, 9.17) is 0 Å². The van der Waals surface area contributed by atoms with Crippen molar-refractivity contribution in [1.82, 2.24) is 9.78 Å². The van der Waals surface area contributed by atoms with Gasteiger partial charge >= 0.3 is 0 Å². The molecule has 2 rings (SSSR count). The molecule has 21 heavy (non-hydrogen) atoms. The molecule has 112 valence electrons. The van der Waals surface area contributed by atoms with E-state index in [0.717, 1.165) is 23.4 Å². The van der Waals surface area contributed by atoms with Gasteiger partial charge in [0.2, 0.25) is 0 Å². The number of nitrogens with one attached hydrogen (secondary N) is 1. The van der Waals surface area contributed by atoms with E-state index in [0.29, 0.717) is 6.54 Å². The van der Waals surface area contributed by atoms with Gasteiger partial charge in [-0.15, -0.1) is 0 Å². The first-order chi connectivity index (χ1) is 9.88. The van der Waals surface area contributed by atoms with Gasteiger partial charge in [-0.1, -0.05) is 13.8 Å². The highest BCUT2D eigenvalue weighted by Gasteiger charge is 2.14. The van der Waals surface area contributed by atoms with Crippen molar-refractivity contribution in [2.45, 2.75) is 26.3 Å². The first-order valence-electron chi connectivity index (χ1n) is 6.58. The number of hydrogen-bond donors (Lipinski definition) is 1. The normalized spacial score (nSPS) is 10.9. The van der Waals surface area contributed by atoms with Crippen LogP contribution in [0.15, 0.2) is 24.4 Å². The summed E-state index contributed by atoms with van der Waals surface area (Å²) < 4.78 is 15.4. The SMILES string of the molecule is CC(C)c1nn(C)cc1CNc1cc([N+](=O)[O-])ccc1F. The summed E-state index contributed by atoms with van der Waals surface area (Å²) in [6, 6.07) is 3.43. The Labute approximate surface area is 121 Å². The molecule has 0 fully saturated rings. The molecule has 0 aliphatic carbocycles. The summed E-state index contributed by atoms with van der Waals surface area (Å²) >= 11 is 0. The van der Waals surface area contributed by atoms with Crippen LogP contribution in [0.2, 0.25) is 0 Å². The second-order valence-electron chi connectivity index (χ2n) is 5.14. The van der Waals surface area contributed by atoms with Gasteiger partial charge in [-0.25, -0.2) is 4.39 Å². The standard InChI is InChI=1S/C14H17FN4O2/c1-9(2)14-10(8-18(3)17-14)7-16-13-6-11(19(20)21)4-5-12(13)15/h4-6,8-9,16H,7H2,1-3H3. The van der Waals surface area contributed by atoms with Crippen molar-refractivity contribution >= 4 is 11.4 Å². The van der Waals surface area contributed by atoms with Crippen LogP contribution < -0.4 is 5.32 Å². The van der Waals surface area contributed by atoms with Crippen LogP contribution >= 0.6 is 0 Å². The van der Waals surface area contributed by atoms with Crippen molar-refractivity contribution in [3.63, 3.8) is 0 Å². The van der Waals surface area contributed by atoms with E-state index >= 15 is 0 Å². The molecule has 0 saturated carbocycles. The van der Waals surface area contributed by atoms with Crippen molar-refractivity contribution in [1.29, 1.82) is 0 Å². The third-order valence-corrected chi connectivity index (χ3v) is 3.11. The van der Waals surface area contributed by atoms with Gasteiger partial charge < -0.3 is 5.32 Å². The van der Waals surface area contributed by atoms with Crippen LogP contribution in [0.1, 0.15) is 31.0 Å². The van der Waals surface area contributed by atoms with E-state index in [1.807, 2.05) is 27.1 Å². The van der Waals surface area contributed by atoms with Gasteiger partial charge in [0.05, 0.1) is 16.3 Å². The molecule has 0 saturated heterocycles. The van der Waals surface area contributed by atoms with Crippen LogP contribution in [0.25, 0.3) is 0 Å². The minimum absolute atomic E-state index is 0.114. The third-order valence-electron chi connectivity index (χ3n) is 3.11. The summed E-state index contributed by atoms with van der Waals surface area (Å²) in [7, 11) is 1.82. The molecule has 0 aliphatic rings. The van der Waals surface area contributed by atoms with Crippen LogP contribution in [-0.4, -0.2) is 14.7 Å². The molecule has 0 radical (unpaired) electrons. The smallest absolute Gasteiger partial charge is 0.271 e. The molecular weight excluding hydrogens is 275 g/mol. The summed E-state index contributed by atoms with van der Waals surface area (Å²) in [5.74, 6) is -0.270. The van der Waals surface area contributed by atoms with Gasteiger partial charge in [-0.2, -0.15) is 5.10 Å². The highest BCUT2D eigenvalue weighted by Crippen LogP contribution is 2.23. The van der Waals surface area contributed by atoms with Crippen LogP contribution in [0.5, 0.6) is 0 Å². The quantitative estimate of drug-likeness (QED) is 0.678. The van der Waals surface area contributed by atoms with E-state index in [9.17, 15) is 14.5 Å². The topological polar surface area (TPSA) is 73.0 Å². The maximum atomic E-state index is 13.7. The molecular formula is C14H17FN4O2. The van der Waals surface area contributed by atoms with Gasteiger partial charge in [0, 0.05) is 37.5 Å². The number of rotatable bonds is 5. The summed E-state index contributed by atoms with van der Waals surface area (Å²) in [6.45, 7) is 4.42. The number of aromatic nitrogens is 2. The number of nitrogens with zero attached hydrogens (tertiary/aromatic N) is 3. The Balaban J connectivity index is 2.20. The summed E-state index contributed by atoms with van der Waals surface area (Å²) in [5.41, 5.74) is 1.84. The molecule has 1 heterocycles. The maximum Gasteiger partial charge on any atom is 0.271 e. The van der Waals surface area contributed by atoms with Crippen LogP contribution in [0.3, 0.4) is 0 Å². The second-order valence-corrected chi connectivity index (χ2v) is 5.14. The number of nitro benzene ring substituents is 1. The zero-order chi connectivity index (χ0) is 15.6. The molecule has 0 atom stereocenters. The lowest BCUT2D eigenvalue weighted by atomic mass is 10.1. The number of halogens is 1. The predicted molar refractivity (Wildman–Crippen MR) is 77.7 cm³/mol. The minimum atomic E-state index is -0.547. The fraction of sp³-hybridized carbons (Fsp3) is 0.357. The van der Waals surface area contributed by atoms with Crippen molar-refractivity contribution in [2.24, 2.45) is 7.05 Å². The van der Waals surface area contributed by atoms with Gasteiger partial charge in [0.1, 0.15) is 5.82 Å². The lowest BCUT2D eigenvalue weighted by molar-refractivity contribution is -0.384. The number of nitro groups is 1. The Morgan fingerprint density at radius 3 is 2.81 bits per heavy atom. The average molecular weight is 292 g/mol. The monoisotopic (exact) mass is 292 g/mol. The Hall–Kier alpha value is -2.44. The molecule has 7 heteroatoms. The first-order valence-corrected chi connectivity index (χ1v) is 6.58. The Morgan fingerprint density at radius 1 is 1.48 bits per heavy atom. The van der Waals surface area contributed by atoms with Crippen LogP contribution in [0, 0.1) is 15.9 Å². The minimum Gasteiger partial charge on any atom is -0.378 e. The largest absolute Gasteiger partial charge is 0.378 e. The van der Waals surface area contributed by atoms with Crippen molar-refractivity contribution in [2.75, 3.05) is 5.32 Å². The van der Waals surface area contributed by atoms with Gasteiger partial charge in [-0.05, 0) is 12.0 Å². The lowest BCUT2D eigenvalue weighted by Gasteiger charge is -2.09. The van der Waals surface area contributed by atoms with E-state index in [1.54, 1.807) is 4.68 Å². The van der Waals surface area contributed by atoms with Crippen LogP contribution in [-0.2, 0) is 13.6 Å². The molecule has 0 bridgehead atoms. The van der Waals surface area contributed by atoms with E-state index in [2.05, 4.69) is 10.4 Å². The second kappa shape index (κ2) is 5.90. The molecule has 0 amide bonds. The van der Waals surface area contributed by atoms with Gasteiger partial charge in [-0.3, -0.25) is 14.8 Å². The Morgan fingerprint density at radius 2 is 2.19 bits per heavy atom. The zero-order valence-electron chi connectivity index (χ0n) is 12.1. The fourth-order valence-corrected chi connectivity index (χ4v) is 2.13. The molecule has 0 unspecified atom stereocenters. The molecule has 6 nitrogen and oxygen atoms in total. The average Bonchev–Trinajstić information content (AvgIpc) is 2.79. The van der Waals surface area contributed by atoms with Gasteiger partial charge in [0.15, 0.2) is 0 Å². The summed E-state index contributed by atoms with van der Waals surface area (Å²) in [5, 5.41) is 18.0. The third kappa shape index (κ3) is 3.36. The number of non-ortho nitro benzene ring substituents is 1. The van der Waals surface area contributed by atoms with Gasteiger partial charge in [0.25, 0.3) is 5.69 Å². The first kappa shape index (κ1) is 15.0. The van der Waals surface area contributed by atoms with Crippen molar-refractivity contribution in [3.8, 4) is 0 Å². The number of anilines is 1. The van der Waals surface area contributed by atoms with Crippen LogP contribution in [0.4, 0.5) is 15.8 Å². The van der Waals surface area contributed by atoms with E-state index in [1.165, 1.54) is 6.07 Å². The van der Waals surface area contributed by atoms with E-state index in [-0.39, 0.29) is 17.3 Å². The summed E-state index contributed by atoms with van der Waals surface area (Å²) in [4.78, 5) is 10.2. The molecule has 0 aliphatic heterocycles. The highest BCUT2D eigenvalue weighted by atomic mass is 19.1. The molecule has 1 aromatic carbocycles.